The summed E-state index contributed by atoms with van der Waals surface area (Å²) in [6.07, 6.45) is 0.840. The third kappa shape index (κ3) is 4.84. The molecule has 126 valence electrons. The Balaban J connectivity index is 1.84. The van der Waals surface area contributed by atoms with Crippen LogP contribution in [0, 0.1) is 0 Å². The number of amides is 2. The highest BCUT2D eigenvalue weighted by atomic mass is 16.2. The summed E-state index contributed by atoms with van der Waals surface area (Å²) in [5.41, 5.74) is 2.09. The van der Waals surface area contributed by atoms with Crippen LogP contribution in [0.2, 0.25) is 0 Å². The summed E-state index contributed by atoms with van der Waals surface area (Å²) in [7, 11) is 3.35. The maximum absolute atomic E-state index is 12.4. The van der Waals surface area contributed by atoms with Crippen LogP contribution in [0.15, 0.2) is 54.6 Å². The zero-order chi connectivity index (χ0) is 17.4. The number of carbonyl (C=O) groups excluding carboxylic acids is 2. The first-order valence-electron chi connectivity index (χ1n) is 7.98. The monoisotopic (exact) mass is 325 g/mol. The van der Waals surface area contributed by atoms with Crippen molar-refractivity contribution < 1.29 is 9.59 Å². The lowest BCUT2D eigenvalue weighted by molar-refractivity contribution is 0.0794. The number of nitrogens with one attached hydrogen (secondary N) is 2. The Morgan fingerprint density at radius 1 is 1.00 bits per heavy atom. The minimum absolute atomic E-state index is 0.0829. The standard InChI is InChI=1S/C19H23N3O2/c1-20-18(23)15-8-6-9-16(14-15)19(24)22(2)13-7-12-21-17-10-4-3-5-11-17/h3-6,8-11,14,21H,7,12-13H2,1-2H3,(H,20,23). The predicted molar refractivity (Wildman–Crippen MR) is 96.3 cm³/mol. The molecule has 0 saturated carbocycles. The molecule has 0 unspecified atom stereocenters. The first kappa shape index (κ1) is 17.5. The van der Waals surface area contributed by atoms with Crippen LogP contribution in [-0.4, -0.2) is 43.9 Å². The van der Waals surface area contributed by atoms with Gasteiger partial charge in [0.25, 0.3) is 11.8 Å². The Bertz CT molecular complexity index is 686. The molecule has 0 fully saturated rings. The summed E-state index contributed by atoms with van der Waals surface area (Å²) >= 11 is 0. The fourth-order valence-electron chi connectivity index (χ4n) is 2.36. The van der Waals surface area contributed by atoms with E-state index in [9.17, 15) is 9.59 Å². The summed E-state index contributed by atoms with van der Waals surface area (Å²) in [6, 6.07) is 16.7. The van der Waals surface area contributed by atoms with E-state index in [1.165, 1.54) is 0 Å². The third-order valence-electron chi connectivity index (χ3n) is 3.72. The number of hydrogen-bond acceptors (Lipinski definition) is 3. The summed E-state index contributed by atoms with van der Waals surface area (Å²) in [5.74, 6) is -0.278. The predicted octanol–water partition coefficient (Wildman–Crippen LogP) is 2.62. The molecule has 5 heteroatoms. The molecule has 2 N–H and O–H groups in total. The number of rotatable bonds is 7. The van der Waals surface area contributed by atoms with Crippen LogP contribution in [0.4, 0.5) is 5.69 Å². The topological polar surface area (TPSA) is 61.4 Å². The number of hydrogen-bond donors (Lipinski definition) is 2. The molecule has 0 heterocycles. The van der Waals surface area contributed by atoms with Crippen LogP contribution in [0.1, 0.15) is 27.1 Å². The summed E-state index contributed by atoms with van der Waals surface area (Å²) in [4.78, 5) is 25.8. The molecule has 2 aromatic rings. The molecule has 2 aromatic carbocycles. The van der Waals surface area contributed by atoms with Crippen molar-refractivity contribution in [2.24, 2.45) is 0 Å². The Hall–Kier alpha value is -2.82. The van der Waals surface area contributed by atoms with Gasteiger partial charge in [0.05, 0.1) is 0 Å². The van der Waals surface area contributed by atoms with E-state index in [-0.39, 0.29) is 11.8 Å². The minimum atomic E-state index is -0.195. The summed E-state index contributed by atoms with van der Waals surface area (Å²) < 4.78 is 0. The van der Waals surface area contributed by atoms with Crippen molar-refractivity contribution >= 4 is 17.5 Å². The molecule has 0 saturated heterocycles. The van der Waals surface area contributed by atoms with Gasteiger partial charge in [-0.3, -0.25) is 9.59 Å². The van der Waals surface area contributed by atoms with E-state index in [2.05, 4.69) is 10.6 Å². The SMILES string of the molecule is CNC(=O)c1cccc(C(=O)N(C)CCCNc2ccccc2)c1. The molecular weight excluding hydrogens is 302 g/mol. The van der Waals surface area contributed by atoms with E-state index < -0.39 is 0 Å². The molecule has 24 heavy (non-hydrogen) atoms. The zero-order valence-electron chi connectivity index (χ0n) is 14.1. The second kappa shape index (κ2) is 8.72. The van der Waals surface area contributed by atoms with Gasteiger partial charge in [0, 0.05) is 44.0 Å². The highest BCUT2D eigenvalue weighted by Crippen LogP contribution is 2.09. The zero-order valence-corrected chi connectivity index (χ0v) is 14.1. The Kier molecular flexibility index (Phi) is 6.37. The third-order valence-corrected chi connectivity index (χ3v) is 3.72. The number of para-hydroxylation sites is 1. The van der Waals surface area contributed by atoms with Crippen LogP contribution in [0.25, 0.3) is 0 Å². The maximum Gasteiger partial charge on any atom is 0.253 e. The molecule has 0 radical (unpaired) electrons. The first-order valence-corrected chi connectivity index (χ1v) is 7.98. The molecule has 0 aliphatic rings. The maximum atomic E-state index is 12.4. The van der Waals surface area contributed by atoms with E-state index in [4.69, 9.17) is 0 Å². The summed E-state index contributed by atoms with van der Waals surface area (Å²) in [6.45, 7) is 1.43. The van der Waals surface area contributed by atoms with Crippen LogP contribution in [-0.2, 0) is 0 Å². The van der Waals surface area contributed by atoms with Gasteiger partial charge in [-0.2, -0.15) is 0 Å². The number of carbonyl (C=O) groups is 2. The molecule has 0 spiro atoms. The van der Waals surface area contributed by atoms with E-state index in [1.807, 2.05) is 30.3 Å². The average Bonchev–Trinajstić information content (AvgIpc) is 2.64. The van der Waals surface area contributed by atoms with Crippen LogP contribution < -0.4 is 10.6 Å². The van der Waals surface area contributed by atoms with Crippen molar-refractivity contribution in [1.82, 2.24) is 10.2 Å². The van der Waals surface area contributed by atoms with Gasteiger partial charge in [0.15, 0.2) is 0 Å². The van der Waals surface area contributed by atoms with Gasteiger partial charge in [0.1, 0.15) is 0 Å². The van der Waals surface area contributed by atoms with Gasteiger partial charge >= 0.3 is 0 Å². The summed E-state index contributed by atoms with van der Waals surface area (Å²) in [5, 5.41) is 5.88. The largest absolute Gasteiger partial charge is 0.385 e. The smallest absolute Gasteiger partial charge is 0.253 e. The van der Waals surface area contributed by atoms with Gasteiger partial charge in [-0.1, -0.05) is 24.3 Å². The van der Waals surface area contributed by atoms with Gasteiger partial charge in [-0.25, -0.2) is 0 Å². The molecule has 2 rings (SSSR count). The van der Waals surface area contributed by atoms with Gasteiger partial charge in [-0.05, 0) is 36.8 Å². The molecule has 0 aliphatic carbocycles. The second-order valence-electron chi connectivity index (χ2n) is 5.53. The average molecular weight is 325 g/mol. The van der Waals surface area contributed by atoms with Crippen molar-refractivity contribution in [2.75, 3.05) is 32.5 Å². The molecule has 0 atom stereocenters. The lowest BCUT2D eigenvalue weighted by Gasteiger charge is -2.18. The fraction of sp³-hybridized carbons (Fsp3) is 0.263. The van der Waals surface area contributed by atoms with E-state index in [0.717, 1.165) is 18.7 Å². The normalized spacial score (nSPS) is 10.1. The van der Waals surface area contributed by atoms with Crippen molar-refractivity contribution in [2.45, 2.75) is 6.42 Å². The highest BCUT2D eigenvalue weighted by Gasteiger charge is 2.13. The van der Waals surface area contributed by atoms with E-state index >= 15 is 0 Å². The van der Waals surface area contributed by atoms with E-state index in [1.54, 1.807) is 43.3 Å². The fourth-order valence-corrected chi connectivity index (χ4v) is 2.36. The quantitative estimate of drug-likeness (QED) is 0.769. The molecule has 0 bridgehead atoms. The molecule has 0 aromatic heterocycles. The first-order chi connectivity index (χ1) is 11.6. The molecule has 2 amide bonds. The van der Waals surface area contributed by atoms with Crippen LogP contribution in [0.5, 0.6) is 0 Å². The van der Waals surface area contributed by atoms with Crippen molar-refractivity contribution in [3.8, 4) is 0 Å². The molecule has 0 aliphatic heterocycles. The van der Waals surface area contributed by atoms with Gasteiger partial charge in [0.2, 0.25) is 0 Å². The van der Waals surface area contributed by atoms with Crippen LogP contribution in [0.3, 0.4) is 0 Å². The molecular formula is C19H23N3O2. The van der Waals surface area contributed by atoms with Crippen LogP contribution >= 0.6 is 0 Å². The lowest BCUT2D eigenvalue weighted by atomic mass is 10.1. The van der Waals surface area contributed by atoms with Crippen molar-refractivity contribution in [1.29, 1.82) is 0 Å². The number of anilines is 1. The lowest BCUT2D eigenvalue weighted by Crippen LogP contribution is -2.29. The number of benzene rings is 2. The van der Waals surface area contributed by atoms with Crippen molar-refractivity contribution in [3.05, 3.63) is 65.7 Å². The Labute approximate surface area is 142 Å². The number of nitrogens with zero attached hydrogens (tertiary/aromatic N) is 1. The Morgan fingerprint density at radius 2 is 1.71 bits per heavy atom. The molecule has 5 nitrogen and oxygen atoms in total. The van der Waals surface area contributed by atoms with Gasteiger partial charge < -0.3 is 15.5 Å². The van der Waals surface area contributed by atoms with Gasteiger partial charge in [-0.15, -0.1) is 0 Å². The minimum Gasteiger partial charge on any atom is -0.385 e. The second-order valence-corrected chi connectivity index (χ2v) is 5.53. The Morgan fingerprint density at radius 3 is 2.42 bits per heavy atom. The highest BCUT2D eigenvalue weighted by molar-refractivity contribution is 5.99. The van der Waals surface area contributed by atoms with E-state index in [0.29, 0.717) is 17.7 Å². The van der Waals surface area contributed by atoms with Crippen molar-refractivity contribution in [3.63, 3.8) is 0 Å².